The van der Waals surface area contributed by atoms with Crippen molar-refractivity contribution in [2.75, 3.05) is 7.11 Å². The number of ether oxygens (including phenoxy) is 1. The highest BCUT2D eigenvalue weighted by Crippen LogP contribution is 2.39. The van der Waals surface area contributed by atoms with Crippen molar-refractivity contribution in [2.45, 2.75) is 18.9 Å². The minimum absolute atomic E-state index is 0.248. The highest BCUT2D eigenvalue weighted by atomic mass is 79.9. The number of methoxy groups -OCH3 is 1. The summed E-state index contributed by atoms with van der Waals surface area (Å²) in [7, 11) is 1.64. The lowest BCUT2D eigenvalue weighted by molar-refractivity contribution is 0.180. The summed E-state index contributed by atoms with van der Waals surface area (Å²) in [6, 6.07) is 8.36. The largest absolute Gasteiger partial charge is 0.378 e. The minimum atomic E-state index is 0.248. The predicted molar refractivity (Wildman–Crippen MR) is 77.4 cm³/mol. The number of nitrogens with zero attached hydrogens (tertiary/aromatic N) is 2. The van der Waals surface area contributed by atoms with Gasteiger partial charge in [0.2, 0.25) is 0 Å². The molecule has 98 valence electrons. The van der Waals surface area contributed by atoms with Crippen LogP contribution < -0.4 is 0 Å². The van der Waals surface area contributed by atoms with Crippen molar-refractivity contribution in [2.24, 2.45) is 0 Å². The van der Waals surface area contributed by atoms with Gasteiger partial charge in [0.15, 0.2) is 0 Å². The molecule has 0 fully saturated rings. The van der Waals surface area contributed by atoms with Gasteiger partial charge in [-0.3, -0.25) is 0 Å². The third kappa shape index (κ3) is 2.29. The highest BCUT2D eigenvalue weighted by molar-refractivity contribution is 9.10. The van der Waals surface area contributed by atoms with Crippen molar-refractivity contribution in [3.05, 3.63) is 56.5 Å². The summed E-state index contributed by atoms with van der Waals surface area (Å²) >= 11 is 9.55. The summed E-state index contributed by atoms with van der Waals surface area (Å²) in [5.41, 5.74) is 3.45. The van der Waals surface area contributed by atoms with Crippen LogP contribution >= 0.6 is 27.5 Å². The fourth-order valence-corrected chi connectivity index (χ4v) is 2.85. The zero-order valence-electron chi connectivity index (χ0n) is 10.4. The highest BCUT2D eigenvalue weighted by Gasteiger charge is 2.30. The van der Waals surface area contributed by atoms with Gasteiger partial charge in [-0.05, 0) is 33.5 Å². The van der Waals surface area contributed by atoms with Crippen LogP contribution in [0.15, 0.2) is 28.7 Å². The van der Waals surface area contributed by atoms with Crippen LogP contribution in [0.4, 0.5) is 0 Å². The van der Waals surface area contributed by atoms with Crippen molar-refractivity contribution in [1.82, 2.24) is 9.97 Å². The van der Waals surface area contributed by atoms with Crippen LogP contribution in [-0.4, -0.2) is 17.1 Å². The smallest absolute Gasteiger partial charge is 0.147 e. The molecule has 1 heterocycles. The van der Waals surface area contributed by atoms with Gasteiger partial charge in [-0.2, -0.15) is 0 Å². The van der Waals surface area contributed by atoms with Crippen LogP contribution in [-0.2, 0) is 17.8 Å². The molecular formula is C14H12BrClN2O. The van der Waals surface area contributed by atoms with Gasteiger partial charge in [0.1, 0.15) is 11.0 Å². The molecule has 0 aliphatic heterocycles. The first-order chi connectivity index (χ1) is 9.20. The van der Waals surface area contributed by atoms with Crippen molar-refractivity contribution in [3.8, 4) is 0 Å². The van der Waals surface area contributed by atoms with E-state index in [0.29, 0.717) is 16.2 Å². The van der Waals surface area contributed by atoms with Gasteiger partial charge in [0.05, 0.1) is 16.8 Å². The number of fused-ring (bicyclic) bond motifs is 1. The Morgan fingerprint density at radius 3 is 2.89 bits per heavy atom. The molecule has 0 amide bonds. The molecule has 1 atom stereocenters. The lowest BCUT2D eigenvalue weighted by Crippen LogP contribution is -2.21. The molecule has 0 spiro atoms. The van der Waals surface area contributed by atoms with Crippen LogP contribution in [0.5, 0.6) is 0 Å². The van der Waals surface area contributed by atoms with E-state index in [1.165, 1.54) is 11.1 Å². The lowest BCUT2D eigenvalue weighted by atomic mass is 9.77. The van der Waals surface area contributed by atoms with E-state index in [9.17, 15) is 0 Å². The number of hydrogen-bond donors (Lipinski definition) is 0. The summed E-state index contributed by atoms with van der Waals surface area (Å²) in [5.74, 6) is 1.02. The molecule has 0 N–H and O–H groups in total. The van der Waals surface area contributed by atoms with E-state index >= 15 is 0 Å². The van der Waals surface area contributed by atoms with Crippen LogP contribution in [0.3, 0.4) is 0 Å². The zero-order valence-corrected chi connectivity index (χ0v) is 12.7. The summed E-state index contributed by atoms with van der Waals surface area (Å²) < 4.78 is 5.86. The number of halogens is 2. The molecule has 5 heteroatoms. The molecule has 2 aromatic rings. The van der Waals surface area contributed by atoms with E-state index in [2.05, 4.69) is 44.1 Å². The summed E-state index contributed by atoms with van der Waals surface area (Å²) in [5, 5.41) is 0.446. The van der Waals surface area contributed by atoms with E-state index in [0.717, 1.165) is 17.9 Å². The van der Waals surface area contributed by atoms with Gasteiger partial charge in [0, 0.05) is 13.0 Å². The first kappa shape index (κ1) is 13.0. The fraction of sp³-hybridized carbons (Fsp3) is 0.286. The normalized spacial score (nSPS) is 16.9. The Kier molecular flexibility index (Phi) is 3.56. The second-order valence-corrected chi connectivity index (χ2v) is 5.67. The van der Waals surface area contributed by atoms with Crippen LogP contribution in [0.2, 0.25) is 5.15 Å². The van der Waals surface area contributed by atoms with Gasteiger partial charge < -0.3 is 4.74 Å². The second kappa shape index (κ2) is 5.19. The number of benzene rings is 1. The third-order valence-corrected chi connectivity index (χ3v) is 4.68. The topological polar surface area (TPSA) is 35.0 Å². The Morgan fingerprint density at radius 2 is 2.16 bits per heavy atom. The molecule has 0 saturated carbocycles. The van der Waals surface area contributed by atoms with E-state index in [1.54, 1.807) is 7.11 Å². The Hall–Kier alpha value is -0.970. The van der Waals surface area contributed by atoms with Crippen molar-refractivity contribution >= 4 is 27.5 Å². The molecule has 0 bridgehead atoms. The quantitative estimate of drug-likeness (QED) is 0.799. The van der Waals surface area contributed by atoms with Gasteiger partial charge in [-0.1, -0.05) is 35.9 Å². The van der Waals surface area contributed by atoms with E-state index in [1.807, 2.05) is 6.07 Å². The lowest BCUT2D eigenvalue weighted by Gasteiger charge is -2.29. The molecule has 3 nitrogen and oxygen atoms in total. The van der Waals surface area contributed by atoms with Crippen molar-refractivity contribution in [3.63, 3.8) is 0 Å². The molecule has 1 aromatic heterocycles. The van der Waals surface area contributed by atoms with Gasteiger partial charge in [0.25, 0.3) is 0 Å². The second-order valence-electron chi connectivity index (χ2n) is 4.52. The van der Waals surface area contributed by atoms with Crippen molar-refractivity contribution < 1.29 is 4.74 Å². The molecular weight excluding hydrogens is 328 g/mol. The maximum absolute atomic E-state index is 6.15. The average Bonchev–Trinajstić information content (AvgIpc) is 2.37. The summed E-state index contributed by atoms with van der Waals surface area (Å²) in [6.07, 6.45) is 0.973. The van der Waals surface area contributed by atoms with E-state index in [4.69, 9.17) is 16.3 Å². The number of rotatable bonds is 3. The Morgan fingerprint density at radius 1 is 1.37 bits per heavy atom. The number of aromatic nitrogens is 2. The van der Waals surface area contributed by atoms with Gasteiger partial charge in [-0.25, -0.2) is 9.97 Å². The molecule has 19 heavy (non-hydrogen) atoms. The van der Waals surface area contributed by atoms with Crippen LogP contribution in [0.1, 0.15) is 28.6 Å². The summed E-state index contributed by atoms with van der Waals surface area (Å²) in [4.78, 5) is 8.96. The average molecular weight is 340 g/mol. The van der Waals surface area contributed by atoms with Crippen molar-refractivity contribution in [1.29, 1.82) is 0 Å². The Labute approximate surface area is 125 Å². The molecule has 1 unspecified atom stereocenters. The maximum Gasteiger partial charge on any atom is 0.147 e. The molecule has 3 rings (SSSR count). The maximum atomic E-state index is 6.15. The van der Waals surface area contributed by atoms with Gasteiger partial charge >= 0.3 is 0 Å². The molecule has 1 aromatic carbocycles. The first-order valence-corrected chi connectivity index (χ1v) is 7.16. The van der Waals surface area contributed by atoms with Crippen LogP contribution in [0.25, 0.3) is 0 Å². The molecule has 1 aliphatic carbocycles. The molecule has 1 aliphatic rings. The SMILES string of the molecule is COCc1nc(C2Cc3ccccc32)nc(Cl)c1Br. The summed E-state index contributed by atoms with van der Waals surface area (Å²) in [6.45, 7) is 0.421. The van der Waals surface area contributed by atoms with Crippen LogP contribution in [0, 0.1) is 0 Å². The zero-order chi connectivity index (χ0) is 13.4. The third-order valence-electron chi connectivity index (χ3n) is 3.34. The minimum Gasteiger partial charge on any atom is -0.378 e. The van der Waals surface area contributed by atoms with Gasteiger partial charge in [-0.15, -0.1) is 0 Å². The first-order valence-electron chi connectivity index (χ1n) is 5.99. The number of hydrogen-bond acceptors (Lipinski definition) is 3. The van der Waals surface area contributed by atoms with E-state index < -0.39 is 0 Å². The molecule has 0 radical (unpaired) electrons. The Bertz CT molecular complexity index is 633. The fourth-order valence-electron chi connectivity index (χ4n) is 2.36. The Balaban J connectivity index is 1.99. The standard InChI is InChI=1S/C14H12BrClN2O/c1-19-7-11-12(15)13(16)18-14(17-11)10-6-8-4-2-3-5-9(8)10/h2-5,10H,6-7H2,1H3. The molecule has 0 saturated heterocycles. The monoisotopic (exact) mass is 338 g/mol. The predicted octanol–water partition coefficient (Wildman–Crippen LogP) is 3.73. The van der Waals surface area contributed by atoms with E-state index in [-0.39, 0.29) is 5.92 Å².